The molecule has 4 rings (SSSR count). The van der Waals surface area contributed by atoms with E-state index in [2.05, 4.69) is 111 Å². The van der Waals surface area contributed by atoms with E-state index in [1.54, 1.807) is 21.6 Å². The average Bonchev–Trinajstić information content (AvgIpc) is 3.50. The Kier molecular flexibility index (Phi) is 23.6. The van der Waals surface area contributed by atoms with Gasteiger partial charge in [0.2, 0.25) is 0 Å². The molecule has 0 saturated heterocycles. The van der Waals surface area contributed by atoms with E-state index in [9.17, 15) is 0 Å². The molecule has 0 nitrogen and oxygen atoms in total. The molecule has 2 aliphatic rings. The monoisotopic (exact) mass is 604 g/mol. The fourth-order valence-corrected chi connectivity index (χ4v) is 3.12. The van der Waals surface area contributed by atoms with Gasteiger partial charge in [-0.15, -0.1) is 72.4 Å². The molecule has 0 fully saturated rings. The van der Waals surface area contributed by atoms with Crippen LogP contribution in [0.5, 0.6) is 0 Å². The first-order valence-corrected chi connectivity index (χ1v) is 17.2. The SMILES string of the molecule is CCc1cccc(C2=[C-]CC=C2)c1.CCc1cccc(C2=[C-]CC=C2)c1.Cl.Cl.[CH3-].[CH3-].[Ge]=[Zr]. The van der Waals surface area contributed by atoms with E-state index in [0.717, 1.165) is 25.7 Å². The van der Waals surface area contributed by atoms with Crippen LogP contribution in [0.3, 0.4) is 0 Å². The molecular weight excluding hydrogens is 571 g/mol. The second kappa shape index (κ2) is 21.0. The van der Waals surface area contributed by atoms with Gasteiger partial charge in [0.05, 0.1) is 0 Å². The zero-order valence-corrected chi connectivity index (χ0v) is 25.8. The van der Waals surface area contributed by atoms with Crippen molar-refractivity contribution in [3.05, 3.63) is 122 Å². The molecule has 0 amide bonds. The molecular formula is C28H34Cl2GeZr-4. The third-order valence-electron chi connectivity index (χ3n) is 4.68. The number of rotatable bonds is 4. The van der Waals surface area contributed by atoms with Crippen LogP contribution in [-0.2, 0) is 34.4 Å². The third kappa shape index (κ3) is 11.5. The molecule has 0 N–H and O–H groups in total. The van der Waals surface area contributed by atoms with Gasteiger partial charge in [0, 0.05) is 0 Å². The zero-order valence-electron chi connectivity index (χ0n) is 19.6. The van der Waals surface area contributed by atoms with E-state index < -0.39 is 0 Å². The first-order chi connectivity index (χ1) is 13.8. The van der Waals surface area contributed by atoms with Crippen molar-refractivity contribution >= 4 is 48.1 Å². The van der Waals surface area contributed by atoms with Gasteiger partial charge < -0.3 is 14.9 Å². The van der Waals surface area contributed by atoms with Crippen LogP contribution in [0.4, 0.5) is 0 Å². The number of aryl methyl sites for hydroxylation is 2. The first-order valence-electron chi connectivity index (χ1n) is 9.78. The van der Waals surface area contributed by atoms with Gasteiger partial charge in [-0.1, -0.05) is 62.1 Å². The Morgan fingerprint density at radius 3 is 1.38 bits per heavy atom. The molecule has 2 aromatic rings. The van der Waals surface area contributed by atoms with Gasteiger partial charge in [-0.3, -0.25) is 0 Å². The van der Waals surface area contributed by atoms with Crippen molar-refractivity contribution in [2.75, 3.05) is 0 Å². The number of hydrogen-bond acceptors (Lipinski definition) is 0. The van der Waals surface area contributed by atoms with Gasteiger partial charge in [-0.25, -0.2) is 0 Å². The quantitative estimate of drug-likeness (QED) is 0.244. The maximum absolute atomic E-state index is 3.33. The molecule has 172 valence electrons. The molecule has 0 spiro atoms. The third-order valence-corrected chi connectivity index (χ3v) is 4.68. The van der Waals surface area contributed by atoms with Gasteiger partial charge in [0.15, 0.2) is 0 Å². The van der Waals surface area contributed by atoms with Gasteiger partial charge in [-0.05, 0) is 12.8 Å². The summed E-state index contributed by atoms with van der Waals surface area (Å²) in [7, 11) is 0. The van der Waals surface area contributed by atoms with Crippen LogP contribution in [0.25, 0.3) is 11.1 Å². The van der Waals surface area contributed by atoms with Crippen LogP contribution >= 0.6 is 24.8 Å². The summed E-state index contributed by atoms with van der Waals surface area (Å²) in [5, 5.41) is 0. The first kappa shape index (κ1) is 36.0. The van der Waals surface area contributed by atoms with E-state index in [0.29, 0.717) is 0 Å². The number of hydrogen-bond donors (Lipinski definition) is 0. The van der Waals surface area contributed by atoms with Crippen molar-refractivity contribution < 1.29 is 21.6 Å². The molecule has 2 radical (unpaired) electrons. The second-order valence-corrected chi connectivity index (χ2v) is 6.50. The summed E-state index contributed by atoms with van der Waals surface area (Å²) in [4.78, 5) is 0. The fourth-order valence-electron chi connectivity index (χ4n) is 3.12. The van der Waals surface area contributed by atoms with Crippen molar-refractivity contribution in [2.45, 2.75) is 39.5 Å². The van der Waals surface area contributed by atoms with E-state index in [1.807, 2.05) is 0 Å². The average molecular weight is 605 g/mol. The molecule has 0 unspecified atom stereocenters. The molecule has 0 heterocycles. The van der Waals surface area contributed by atoms with E-state index >= 15 is 0 Å². The van der Waals surface area contributed by atoms with E-state index in [-0.39, 0.29) is 39.7 Å². The maximum atomic E-state index is 3.33. The molecule has 0 saturated carbocycles. The summed E-state index contributed by atoms with van der Waals surface area (Å²) < 4.78 is 0. The molecule has 32 heavy (non-hydrogen) atoms. The Hall–Kier alpha value is -0.594. The van der Waals surface area contributed by atoms with Crippen molar-refractivity contribution in [1.82, 2.24) is 0 Å². The molecule has 0 aliphatic heterocycles. The predicted molar refractivity (Wildman–Crippen MR) is 146 cm³/mol. The van der Waals surface area contributed by atoms with Crippen LogP contribution in [-0.4, -0.2) is 12.1 Å². The molecule has 2 aromatic carbocycles. The summed E-state index contributed by atoms with van der Waals surface area (Å²) in [5.41, 5.74) is 7.88. The minimum atomic E-state index is 0. The van der Waals surface area contributed by atoms with Gasteiger partial charge >= 0.3 is 33.7 Å². The Labute approximate surface area is 229 Å². The number of halogens is 2. The number of benzene rings is 2. The summed E-state index contributed by atoms with van der Waals surface area (Å²) in [6.07, 6.45) is 19.4. The minimum absolute atomic E-state index is 0. The molecule has 0 aromatic heterocycles. The van der Waals surface area contributed by atoms with Crippen LogP contribution in [0, 0.1) is 27.0 Å². The van der Waals surface area contributed by atoms with E-state index in [4.69, 9.17) is 0 Å². The van der Waals surface area contributed by atoms with Gasteiger partial charge in [0.25, 0.3) is 0 Å². The van der Waals surface area contributed by atoms with Crippen LogP contribution in [0.15, 0.2) is 72.8 Å². The van der Waals surface area contributed by atoms with Crippen LogP contribution in [0.2, 0.25) is 0 Å². The summed E-state index contributed by atoms with van der Waals surface area (Å²) in [6, 6.07) is 17.4. The predicted octanol–water partition coefficient (Wildman–Crippen LogP) is 8.15. The standard InChI is InChI=1S/2C13H13.2CH3.2ClH.Ge.Zr/c2*1-2-11-6-5-9-13(10-11)12-7-3-4-8-12;;;;;;/h2*3,5-7,9-10H,2,4H2,1H3;2*1H3;2*1H;;/q4*-1;;;;. The molecule has 2 aliphatic carbocycles. The van der Waals surface area contributed by atoms with E-state index in [1.165, 1.54) is 33.4 Å². The van der Waals surface area contributed by atoms with Gasteiger partial charge in [-0.2, -0.15) is 35.5 Å². The second-order valence-electron chi connectivity index (χ2n) is 6.50. The van der Waals surface area contributed by atoms with Crippen molar-refractivity contribution in [2.24, 2.45) is 0 Å². The number of allylic oxidation sites excluding steroid dienone is 8. The fraction of sp³-hybridized carbons (Fsp3) is 0.214. The zero-order chi connectivity index (χ0) is 20.2. The molecule has 4 heteroatoms. The van der Waals surface area contributed by atoms with Gasteiger partial charge in [0.1, 0.15) is 0 Å². The van der Waals surface area contributed by atoms with Crippen molar-refractivity contribution in [3.8, 4) is 0 Å². The topological polar surface area (TPSA) is 0 Å². The molecule has 0 bridgehead atoms. The Balaban J connectivity index is -0.000000437. The van der Waals surface area contributed by atoms with Crippen molar-refractivity contribution in [1.29, 1.82) is 0 Å². The normalized spacial score (nSPS) is 12.0. The summed E-state index contributed by atoms with van der Waals surface area (Å²) in [5.74, 6) is 0. The summed E-state index contributed by atoms with van der Waals surface area (Å²) >= 11 is 3.64. The summed E-state index contributed by atoms with van der Waals surface area (Å²) in [6.45, 7) is 4.36. The molecule has 0 atom stereocenters. The van der Waals surface area contributed by atoms with Crippen LogP contribution in [0.1, 0.15) is 48.9 Å². The Bertz CT molecular complexity index is 824. The van der Waals surface area contributed by atoms with Crippen molar-refractivity contribution in [3.63, 3.8) is 0 Å². The van der Waals surface area contributed by atoms with Crippen LogP contribution < -0.4 is 0 Å². The Morgan fingerprint density at radius 1 is 0.719 bits per heavy atom. The Morgan fingerprint density at radius 2 is 1.09 bits per heavy atom.